The molecule has 2 aromatic rings. The van der Waals surface area contributed by atoms with Crippen LogP contribution in [0.2, 0.25) is 0 Å². The van der Waals surface area contributed by atoms with Crippen LogP contribution in [0.1, 0.15) is 24.1 Å². The highest BCUT2D eigenvalue weighted by Gasteiger charge is 2.27. The van der Waals surface area contributed by atoms with E-state index in [1.165, 1.54) is 22.1 Å². The number of hydrogen-bond donors (Lipinski definition) is 1. The lowest BCUT2D eigenvalue weighted by molar-refractivity contribution is -0.146. The van der Waals surface area contributed by atoms with Crippen LogP contribution in [0.25, 0.3) is 0 Å². The Bertz CT molecular complexity index is 997. The third-order valence-electron chi connectivity index (χ3n) is 4.61. The Morgan fingerprint density at radius 1 is 1.13 bits per heavy atom. The molecule has 1 fully saturated rings. The third-order valence-corrected chi connectivity index (χ3v) is 8.86. The minimum Gasteiger partial charge on any atom is -0.455 e. The Kier molecular flexibility index (Phi) is 7.93. The van der Waals surface area contributed by atoms with Crippen LogP contribution in [0.4, 0.5) is 5.69 Å². The number of thiophene rings is 1. The molecule has 0 unspecified atom stereocenters. The van der Waals surface area contributed by atoms with Crippen molar-refractivity contribution in [2.24, 2.45) is 0 Å². The van der Waals surface area contributed by atoms with Gasteiger partial charge in [-0.2, -0.15) is 4.31 Å². The summed E-state index contributed by atoms with van der Waals surface area (Å²) < 4.78 is 32.2. The molecule has 1 saturated heterocycles. The molecular weight excluding hydrogens is 444 g/mol. The molecule has 0 radical (unpaired) electrons. The standard InChI is InChI=1S/C20H24N2O5S3/c1-28-17-8-4-3-7-16(17)21-18(23)14-27-19(24)13-15-9-10-20(29-15)30(25,26)22-11-5-2-6-12-22/h3-4,7-10H,2,5-6,11-14H2,1H3,(H,21,23). The minimum absolute atomic E-state index is 0.0745. The summed E-state index contributed by atoms with van der Waals surface area (Å²) in [5, 5.41) is 2.72. The molecule has 7 nitrogen and oxygen atoms in total. The molecule has 0 saturated carbocycles. The summed E-state index contributed by atoms with van der Waals surface area (Å²) in [5.74, 6) is -1.00. The van der Waals surface area contributed by atoms with Crippen molar-refractivity contribution >= 4 is 50.7 Å². The fourth-order valence-electron chi connectivity index (χ4n) is 3.10. The summed E-state index contributed by atoms with van der Waals surface area (Å²) in [6.07, 6.45) is 4.62. The average molecular weight is 469 g/mol. The number of nitrogens with one attached hydrogen (secondary N) is 1. The zero-order valence-electron chi connectivity index (χ0n) is 16.6. The van der Waals surface area contributed by atoms with Crippen LogP contribution < -0.4 is 5.32 Å². The number of benzene rings is 1. The van der Waals surface area contributed by atoms with E-state index in [1.807, 2.05) is 24.5 Å². The van der Waals surface area contributed by atoms with Crippen molar-refractivity contribution < 1.29 is 22.7 Å². The quantitative estimate of drug-likeness (QED) is 0.472. The molecule has 2 heterocycles. The fourth-order valence-corrected chi connectivity index (χ4v) is 6.66. The van der Waals surface area contributed by atoms with Gasteiger partial charge in [0.1, 0.15) is 4.21 Å². The normalized spacial score (nSPS) is 15.0. The maximum atomic E-state index is 12.7. The van der Waals surface area contributed by atoms with Crippen LogP contribution in [0.15, 0.2) is 45.5 Å². The lowest BCUT2D eigenvalue weighted by atomic mass is 10.2. The second kappa shape index (κ2) is 10.4. The summed E-state index contributed by atoms with van der Waals surface area (Å²) in [6, 6.07) is 10.5. The number of amides is 1. The monoisotopic (exact) mass is 468 g/mol. The number of carbonyl (C=O) groups is 2. The molecular formula is C20H24N2O5S3. The number of hydrogen-bond acceptors (Lipinski definition) is 7. The summed E-state index contributed by atoms with van der Waals surface area (Å²) >= 11 is 2.57. The maximum absolute atomic E-state index is 12.7. The van der Waals surface area contributed by atoms with Crippen molar-refractivity contribution in [3.63, 3.8) is 0 Å². The van der Waals surface area contributed by atoms with Gasteiger partial charge in [-0.1, -0.05) is 18.6 Å². The van der Waals surface area contributed by atoms with Gasteiger partial charge in [-0.3, -0.25) is 9.59 Å². The van der Waals surface area contributed by atoms with Crippen molar-refractivity contribution in [1.29, 1.82) is 0 Å². The topological polar surface area (TPSA) is 92.8 Å². The second-order valence-corrected chi connectivity index (χ2v) is 11.0. The second-order valence-electron chi connectivity index (χ2n) is 6.77. The van der Waals surface area contributed by atoms with E-state index in [0.717, 1.165) is 35.5 Å². The van der Waals surface area contributed by atoms with E-state index in [1.54, 1.807) is 12.1 Å². The number of thioether (sulfide) groups is 1. The first-order valence-corrected chi connectivity index (χ1v) is 13.1. The zero-order valence-corrected chi connectivity index (χ0v) is 19.1. The van der Waals surface area contributed by atoms with Crippen molar-refractivity contribution in [1.82, 2.24) is 4.31 Å². The molecule has 0 spiro atoms. The van der Waals surface area contributed by atoms with Gasteiger partial charge >= 0.3 is 5.97 Å². The highest BCUT2D eigenvalue weighted by atomic mass is 32.2. The Balaban J connectivity index is 1.51. The number of carbonyl (C=O) groups excluding carboxylic acids is 2. The number of esters is 1. The molecule has 3 rings (SSSR count). The van der Waals surface area contributed by atoms with Gasteiger partial charge in [-0.25, -0.2) is 8.42 Å². The van der Waals surface area contributed by atoms with Gasteiger partial charge in [-0.05, 0) is 43.4 Å². The van der Waals surface area contributed by atoms with Gasteiger partial charge in [-0.15, -0.1) is 23.1 Å². The van der Waals surface area contributed by atoms with Gasteiger partial charge in [0.05, 0.1) is 12.1 Å². The highest BCUT2D eigenvalue weighted by molar-refractivity contribution is 7.98. The predicted octanol–water partition coefficient (Wildman–Crippen LogP) is 3.37. The number of anilines is 1. The van der Waals surface area contributed by atoms with E-state index in [0.29, 0.717) is 23.7 Å². The van der Waals surface area contributed by atoms with Crippen molar-refractivity contribution in [3.05, 3.63) is 41.3 Å². The van der Waals surface area contributed by atoms with Crippen LogP contribution in [-0.2, 0) is 30.8 Å². The average Bonchev–Trinajstić information content (AvgIpc) is 3.22. The Morgan fingerprint density at radius 2 is 1.87 bits per heavy atom. The molecule has 1 amide bonds. The van der Waals surface area contributed by atoms with Gasteiger partial charge in [0.25, 0.3) is 15.9 Å². The summed E-state index contributed by atoms with van der Waals surface area (Å²) in [7, 11) is -3.51. The zero-order chi connectivity index (χ0) is 21.6. The molecule has 162 valence electrons. The van der Waals surface area contributed by atoms with E-state index in [-0.39, 0.29) is 10.6 Å². The van der Waals surface area contributed by atoms with Crippen LogP contribution in [-0.4, -0.2) is 50.6 Å². The van der Waals surface area contributed by atoms with Gasteiger partial charge in [0.2, 0.25) is 0 Å². The molecule has 0 aliphatic carbocycles. The number of ether oxygens (including phenoxy) is 1. The number of para-hydroxylation sites is 1. The molecule has 1 aromatic carbocycles. The molecule has 0 bridgehead atoms. The Hall–Kier alpha value is -1.88. The minimum atomic E-state index is -3.51. The van der Waals surface area contributed by atoms with E-state index in [9.17, 15) is 18.0 Å². The Morgan fingerprint density at radius 3 is 2.60 bits per heavy atom. The number of piperidine rings is 1. The van der Waals surface area contributed by atoms with E-state index >= 15 is 0 Å². The van der Waals surface area contributed by atoms with Crippen LogP contribution >= 0.6 is 23.1 Å². The summed E-state index contributed by atoms with van der Waals surface area (Å²) in [6.45, 7) is 0.671. The lowest BCUT2D eigenvalue weighted by Gasteiger charge is -2.25. The molecule has 30 heavy (non-hydrogen) atoms. The molecule has 1 aliphatic rings. The molecule has 10 heteroatoms. The van der Waals surface area contributed by atoms with Crippen molar-refractivity contribution in [2.45, 2.75) is 34.8 Å². The molecule has 1 aromatic heterocycles. The fraction of sp³-hybridized carbons (Fsp3) is 0.400. The summed E-state index contributed by atoms with van der Waals surface area (Å²) in [4.78, 5) is 25.7. The van der Waals surface area contributed by atoms with Gasteiger partial charge in [0, 0.05) is 22.9 Å². The molecule has 1 aliphatic heterocycles. The van der Waals surface area contributed by atoms with E-state index in [4.69, 9.17) is 4.74 Å². The lowest BCUT2D eigenvalue weighted by Crippen LogP contribution is -2.35. The number of nitrogens with zero attached hydrogens (tertiary/aromatic N) is 1. The smallest absolute Gasteiger partial charge is 0.311 e. The Labute approximate surface area is 184 Å². The maximum Gasteiger partial charge on any atom is 0.311 e. The number of rotatable bonds is 8. The molecule has 1 N–H and O–H groups in total. The third kappa shape index (κ3) is 5.84. The van der Waals surface area contributed by atoms with Crippen LogP contribution in [0.3, 0.4) is 0 Å². The van der Waals surface area contributed by atoms with Crippen LogP contribution in [0, 0.1) is 0 Å². The largest absolute Gasteiger partial charge is 0.455 e. The van der Waals surface area contributed by atoms with Gasteiger partial charge in [0.15, 0.2) is 6.61 Å². The SMILES string of the molecule is CSc1ccccc1NC(=O)COC(=O)Cc1ccc(S(=O)(=O)N2CCCCC2)s1. The first-order chi connectivity index (χ1) is 14.4. The van der Waals surface area contributed by atoms with Crippen molar-refractivity contribution in [3.8, 4) is 0 Å². The van der Waals surface area contributed by atoms with Crippen LogP contribution in [0.5, 0.6) is 0 Å². The first kappa shape index (κ1) is 22.8. The summed E-state index contributed by atoms with van der Waals surface area (Å²) in [5.41, 5.74) is 0.664. The molecule has 0 atom stereocenters. The highest BCUT2D eigenvalue weighted by Crippen LogP contribution is 2.27. The van der Waals surface area contributed by atoms with Crippen molar-refractivity contribution in [2.75, 3.05) is 31.3 Å². The van der Waals surface area contributed by atoms with Gasteiger partial charge < -0.3 is 10.1 Å². The number of sulfonamides is 1. The van der Waals surface area contributed by atoms with E-state index in [2.05, 4.69) is 5.32 Å². The first-order valence-electron chi connectivity index (χ1n) is 9.57. The predicted molar refractivity (Wildman–Crippen MR) is 118 cm³/mol. The van der Waals surface area contributed by atoms with E-state index < -0.39 is 28.5 Å².